The number of rotatable bonds is 6. The third-order valence-corrected chi connectivity index (χ3v) is 2.96. The molecule has 0 spiro atoms. The summed E-state index contributed by atoms with van der Waals surface area (Å²) in [6.45, 7) is 4.36. The van der Waals surface area contributed by atoms with Gasteiger partial charge in [0.05, 0.1) is 19.8 Å². The van der Waals surface area contributed by atoms with Gasteiger partial charge in [-0.25, -0.2) is 10.8 Å². The number of hydrazine groups is 1. The second kappa shape index (κ2) is 7.52. The van der Waals surface area contributed by atoms with Crippen LogP contribution >= 0.6 is 0 Å². The minimum atomic E-state index is -0.325. The highest BCUT2D eigenvalue weighted by Crippen LogP contribution is 2.22. The largest absolute Gasteiger partial charge is 0.383 e. The third kappa shape index (κ3) is 4.41. The molecule has 18 heavy (non-hydrogen) atoms. The van der Waals surface area contributed by atoms with Crippen molar-refractivity contribution in [2.24, 2.45) is 10.8 Å². The number of methoxy groups -OCH3 is 2. The molecule has 2 atom stereocenters. The molecule has 4 N–H and O–H groups in total. The van der Waals surface area contributed by atoms with E-state index in [0.29, 0.717) is 32.3 Å². The fourth-order valence-electron chi connectivity index (χ4n) is 1.82. The van der Waals surface area contributed by atoms with Crippen molar-refractivity contribution < 1.29 is 14.2 Å². The summed E-state index contributed by atoms with van der Waals surface area (Å²) in [5.74, 6) is 5.96. The van der Waals surface area contributed by atoms with E-state index in [4.69, 9.17) is 20.1 Å². The van der Waals surface area contributed by atoms with Crippen LogP contribution < -0.4 is 16.6 Å². The smallest absolute Gasteiger partial charge is 0.206 e. The minimum absolute atomic E-state index is 0.128. The van der Waals surface area contributed by atoms with Gasteiger partial charge in [-0.05, 0) is 6.92 Å². The van der Waals surface area contributed by atoms with E-state index >= 15 is 0 Å². The van der Waals surface area contributed by atoms with E-state index in [2.05, 4.69) is 15.7 Å². The maximum Gasteiger partial charge on any atom is 0.206 e. The molecule has 1 aliphatic heterocycles. The number of guanidine groups is 1. The van der Waals surface area contributed by atoms with Crippen LogP contribution in [0.25, 0.3) is 0 Å². The van der Waals surface area contributed by atoms with E-state index in [1.807, 2.05) is 6.92 Å². The molecule has 0 radical (unpaired) electrons. The monoisotopic (exact) mass is 260 g/mol. The molecule has 7 nitrogen and oxygen atoms in total. The summed E-state index contributed by atoms with van der Waals surface area (Å²) in [5, 5.41) is 3.13. The highest BCUT2D eigenvalue weighted by molar-refractivity contribution is 5.79. The number of hydrogen-bond acceptors (Lipinski definition) is 5. The number of nitrogens with one attached hydrogen (secondary N) is 2. The Morgan fingerprint density at radius 1 is 1.56 bits per heavy atom. The van der Waals surface area contributed by atoms with Crippen molar-refractivity contribution in [2.45, 2.75) is 25.0 Å². The van der Waals surface area contributed by atoms with Crippen molar-refractivity contribution in [1.29, 1.82) is 0 Å². The van der Waals surface area contributed by atoms with Crippen LogP contribution in [0.5, 0.6) is 0 Å². The average molecular weight is 260 g/mol. The van der Waals surface area contributed by atoms with Gasteiger partial charge in [-0.2, -0.15) is 0 Å². The summed E-state index contributed by atoms with van der Waals surface area (Å²) in [7, 11) is 3.33. The summed E-state index contributed by atoms with van der Waals surface area (Å²) in [6.07, 6.45) is 0.846. The SMILES string of the molecule is COCC(C)NC(=NCC1(OC)CCOC1)NN. The van der Waals surface area contributed by atoms with E-state index in [9.17, 15) is 0 Å². The van der Waals surface area contributed by atoms with Crippen LogP contribution in [0.1, 0.15) is 13.3 Å². The van der Waals surface area contributed by atoms with Gasteiger partial charge in [0, 0.05) is 33.3 Å². The Morgan fingerprint density at radius 3 is 2.83 bits per heavy atom. The zero-order valence-electron chi connectivity index (χ0n) is 11.4. The van der Waals surface area contributed by atoms with Crippen LogP contribution in [-0.2, 0) is 14.2 Å². The van der Waals surface area contributed by atoms with Gasteiger partial charge in [0.15, 0.2) is 0 Å². The molecule has 1 rings (SSSR count). The van der Waals surface area contributed by atoms with Crippen molar-refractivity contribution in [3.8, 4) is 0 Å². The summed E-state index contributed by atoms with van der Waals surface area (Å²) in [6, 6.07) is 0.128. The Hall–Kier alpha value is -0.890. The van der Waals surface area contributed by atoms with Gasteiger partial charge in [0.2, 0.25) is 5.96 Å². The molecule has 1 saturated heterocycles. The van der Waals surface area contributed by atoms with Crippen molar-refractivity contribution in [2.75, 3.05) is 40.6 Å². The predicted molar refractivity (Wildman–Crippen MR) is 69.3 cm³/mol. The van der Waals surface area contributed by atoms with Gasteiger partial charge < -0.3 is 19.5 Å². The highest BCUT2D eigenvalue weighted by atomic mass is 16.5. The fraction of sp³-hybridized carbons (Fsp3) is 0.909. The summed E-state index contributed by atoms with van der Waals surface area (Å²) < 4.78 is 15.9. The number of nitrogens with two attached hydrogens (primary N) is 1. The van der Waals surface area contributed by atoms with Crippen LogP contribution in [0, 0.1) is 0 Å². The van der Waals surface area contributed by atoms with Gasteiger partial charge in [-0.3, -0.25) is 5.43 Å². The number of aliphatic imine (C=N–C) groups is 1. The summed E-state index contributed by atoms with van der Waals surface area (Å²) in [5.41, 5.74) is 2.22. The molecule has 0 amide bonds. The first-order valence-electron chi connectivity index (χ1n) is 6.05. The number of nitrogens with zero attached hydrogens (tertiary/aromatic N) is 1. The minimum Gasteiger partial charge on any atom is -0.383 e. The van der Waals surface area contributed by atoms with E-state index in [-0.39, 0.29) is 11.6 Å². The maximum absolute atomic E-state index is 5.49. The second-order valence-electron chi connectivity index (χ2n) is 4.50. The van der Waals surface area contributed by atoms with Crippen LogP contribution in [0.3, 0.4) is 0 Å². The lowest BCUT2D eigenvalue weighted by Gasteiger charge is -2.24. The lowest BCUT2D eigenvalue weighted by atomic mass is 10.0. The van der Waals surface area contributed by atoms with Crippen LogP contribution in [0.4, 0.5) is 0 Å². The van der Waals surface area contributed by atoms with Gasteiger partial charge in [0.25, 0.3) is 0 Å². The lowest BCUT2D eigenvalue weighted by molar-refractivity contribution is -0.00910. The highest BCUT2D eigenvalue weighted by Gasteiger charge is 2.34. The molecule has 0 aromatic heterocycles. The zero-order valence-corrected chi connectivity index (χ0v) is 11.4. The van der Waals surface area contributed by atoms with Crippen LogP contribution in [-0.4, -0.2) is 58.2 Å². The standard InChI is InChI=1S/C11H24N4O3/c1-9(6-16-2)14-10(15-12)13-7-11(17-3)4-5-18-8-11/h9H,4-8,12H2,1-3H3,(H2,13,14,15). The van der Waals surface area contributed by atoms with Gasteiger partial charge in [0.1, 0.15) is 5.60 Å². The van der Waals surface area contributed by atoms with Crippen molar-refractivity contribution in [3.63, 3.8) is 0 Å². The van der Waals surface area contributed by atoms with E-state index < -0.39 is 0 Å². The quantitative estimate of drug-likeness (QED) is 0.252. The molecule has 1 heterocycles. The molecule has 1 aliphatic rings. The Bertz CT molecular complexity index is 267. The average Bonchev–Trinajstić information content (AvgIpc) is 2.84. The van der Waals surface area contributed by atoms with Gasteiger partial charge in [-0.1, -0.05) is 0 Å². The second-order valence-corrected chi connectivity index (χ2v) is 4.50. The third-order valence-electron chi connectivity index (χ3n) is 2.96. The molecule has 0 aromatic carbocycles. The van der Waals surface area contributed by atoms with Gasteiger partial charge in [-0.15, -0.1) is 0 Å². The topological polar surface area (TPSA) is 90.1 Å². The van der Waals surface area contributed by atoms with E-state index in [1.165, 1.54) is 0 Å². The molecule has 1 fully saturated rings. The molecular formula is C11H24N4O3. The Balaban J connectivity index is 2.50. The van der Waals surface area contributed by atoms with E-state index in [1.54, 1.807) is 14.2 Å². The van der Waals surface area contributed by atoms with Crippen molar-refractivity contribution in [1.82, 2.24) is 10.7 Å². The van der Waals surface area contributed by atoms with Crippen LogP contribution in [0.2, 0.25) is 0 Å². The normalized spacial score (nSPS) is 26.1. The number of ether oxygens (including phenoxy) is 3. The first-order valence-corrected chi connectivity index (χ1v) is 6.05. The molecule has 0 aliphatic carbocycles. The molecule has 106 valence electrons. The maximum atomic E-state index is 5.49. The van der Waals surface area contributed by atoms with Crippen LogP contribution in [0.15, 0.2) is 4.99 Å². The first kappa shape index (κ1) is 15.2. The molecule has 0 saturated carbocycles. The lowest BCUT2D eigenvalue weighted by Crippen LogP contribution is -2.48. The molecule has 0 bridgehead atoms. The Kier molecular flexibility index (Phi) is 6.34. The predicted octanol–water partition coefficient (Wildman–Crippen LogP) is -0.764. The molecule has 7 heteroatoms. The van der Waals surface area contributed by atoms with Gasteiger partial charge >= 0.3 is 0 Å². The summed E-state index contributed by atoms with van der Waals surface area (Å²) >= 11 is 0. The van der Waals surface area contributed by atoms with E-state index in [0.717, 1.165) is 6.42 Å². The first-order chi connectivity index (χ1) is 8.65. The zero-order chi connectivity index (χ0) is 13.4. The Labute approximate surface area is 108 Å². The molecular weight excluding hydrogens is 236 g/mol. The number of hydrogen-bond donors (Lipinski definition) is 3. The molecule has 2 unspecified atom stereocenters. The summed E-state index contributed by atoms with van der Waals surface area (Å²) in [4.78, 5) is 4.40. The fourth-order valence-corrected chi connectivity index (χ4v) is 1.82. The Morgan fingerprint density at radius 2 is 2.33 bits per heavy atom. The molecule has 0 aromatic rings. The van der Waals surface area contributed by atoms with Crippen molar-refractivity contribution >= 4 is 5.96 Å². The van der Waals surface area contributed by atoms with Crippen molar-refractivity contribution in [3.05, 3.63) is 0 Å².